The number of aryl methyl sites for hydroxylation is 1. The van der Waals surface area contributed by atoms with Crippen LogP contribution in [0.2, 0.25) is 0 Å². The van der Waals surface area contributed by atoms with Crippen LogP contribution in [0.15, 0.2) is 65.5 Å². The number of methoxy groups -OCH3 is 1. The van der Waals surface area contributed by atoms with Gasteiger partial charge in [-0.3, -0.25) is 9.59 Å². The van der Waals surface area contributed by atoms with Crippen LogP contribution in [0.3, 0.4) is 0 Å². The van der Waals surface area contributed by atoms with E-state index >= 15 is 0 Å². The van der Waals surface area contributed by atoms with E-state index in [9.17, 15) is 22.8 Å². The lowest BCUT2D eigenvalue weighted by Crippen LogP contribution is -2.23. The fourth-order valence-electron chi connectivity index (χ4n) is 2.99. The molecule has 0 spiro atoms. The second-order valence-corrected chi connectivity index (χ2v) is 6.71. The molecule has 1 amide bonds. The number of nitrogens with one attached hydrogen (secondary N) is 1. The second kappa shape index (κ2) is 9.46. The monoisotopic (exact) mass is 431 g/mol. The van der Waals surface area contributed by atoms with Crippen LogP contribution in [0.4, 0.5) is 18.9 Å². The number of halogens is 3. The number of carbonyl (C=O) groups excluding carboxylic acids is 1. The van der Waals surface area contributed by atoms with Crippen LogP contribution >= 0.6 is 0 Å². The minimum absolute atomic E-state index is 0.0658. The Morgan fingerprint density at radius 3 is 2.61 bits per heavy atom. The number of benzene rings is 2. The molecule has 1 N–H and O–H groups in total. The predicted molar refractivity (Wildman–Crippen MR) is 110 cm³/mol. The van der Waals surface area contributed by atoms with Crippen LogP contribution in [0, 0.1) is 0 Å². The first-order valence-corrected chi connectivity index (χ1v) is 9.46. The van der Waals surface area contributed by atoms with E-state index in [1.54, 1.807) is 31.4 Å². The van der Waals surface area contributed by atoms with Crippen LogP contribution in [0.1, 0.15) is 18.4 Å². The van der Waals surface area contributed by atoms with Crippen LogP contribution in [0.25, 0.3) is 11.3 Å². The van der Waals surface area contributed by atoms with Crippen molar-refractivity contribution in [2.75, 3.05) is 12.4 Å². The summed E-state index contributed by atoms with van der Waals surface area (Å²) in [7, 11) is 1.55. The van der Waals surface area contributed by atoms with Gasteiger partial charge in [-0.25, -0.2) is 4.68 Å². The van der Waals surface area contributed by atoms with Gasteiger partial charge in [-0.15, -0.1) is 0 Å². The molecule has 9 heteroatoms. The van der Waals surface area contributed by atoms with Gasteiger partial charge in [0.2, 0.25) is 5.91 Å². The van der Waals surface area contributed by atoms with Crippen LogP contribution in [-0.2, 0) is 17.5 Å². The average Bonchev–Trinajstić information content (AvgIpc) is 2.74. The lowest BCUT2D eigenvalue weighted by Gasteiger charge is -2.13. The smallest absolute Gasteiger partial charge is 0.418 e. The molecule has 0 bridgehead atoms. The summed E-state index contributed by atoms with van der Waals surface area (Å²) in [5.74, 6) is 0.0709. The van der Waals surface area contributed by atoms with Gasteiger partial charge in [-0.05, 0) is 36.8 Å². The molecule has 0 unspecified atom stereocenters. The molecule has 1 aromatic heterocycles. The molecule has 0 fully saturated rings. The third-order valence-electron chi connectivity index (χ3n) is 4.51. The molecule has 6 nitrogen and oxygen atoms in total. The average molecular weight is 431 g/mol. The van der Waals surface area contributed by atoms with Gasteiger partial charge >= 0.3 is 6.18 Å². The number of carbonyl (C=O) groups is 1. The van der Waals surface area contributed by atoms with E-state index in [4.69, 9.17) is 4.74 Å². The zero-order valence-corrected chi connectivity index (χ0v) is 16.6. The molecule has 0 aliphatic heterocycles. The fourth-order valence-corrected chi connectivity index (χ4v) is 2.99. The number of nitrogens with zero attached hydrogens (tertiary/aromatic N) is 2. The predicted octanol–water partition coefficient (Wildman–Crippen LogP) is 4.36. The molecule has 2 aromatic carbocycles. The molecule has 1 heterocycles. The van der Waals surface area contributed by atoms with Crippen molar-refractivity contribution in [1.29, 1.82) is 0 Å². The molecular formula is C22H20F3N3O3. The number of alkyl halides is 3. The summed E-state index contributed by atoms with van der Waals surface area (Å²) in [6.07, 6.45) is -4.40. The van der Waals surface area contributed by atoms with Gasteiger partial charge in [0, 0.05) is 24.6 Å². The fraction of sp³-hybridized carbons (Fsp3) is 0.227. The zero-order valence-electron chi connectivity index (χ0n) is 16.6. The molecule has 162 valence electrons. The third-order valence-corrected chi connectivity index (χ3v) is 4.51. The van der Waals surface area contributed by atoms with E-state index in [0.717, 1.165) is 11.6 Å². The van der Waals surface area contributed by atoms with Crippen molar-refractivity contribution in [2.24, 2.45) is 0 Å². The minimum atomic E-state index is -4.57. The minimum Gasteiger partial charge on any atom is -0.497 e. The van der Waals surface area contributed by atoms with E-state index in [1.165, 1.54) is 28.9 Å². The van der Waals surface area contributed by atoms with Crippen molar-refractivity contribution in [3.05, 3.63) is 76.6 Å². The van der Waals surface area contributed by atoms with Gasteiger partial charge in [-0.2, -0.15) is 18.3 Å². The summed E-state index contributed by atoms with van der Waals surface area (Å²) in [4.78, 5) is 24.2. The van der Waals surface area contributed by atoms with E-state index in [2.05, 4.69) is 10.4 Å². The Morgan fingerprint density at radius 1 is 1.10 bits per heavy atom. The number of ether oxygens (including phenoxy) is 1. The van der Waals surface area contributed by atoms with Crippen LogP contribution < -0.4 is 15.6 Å². The Kier molecular flexibility index (Phi) is 6.74. The molecule has 3 aromatic rings. The van der Waals surface area contributed by atoms with Crippen molar-refractivity contribution in [2.45, 2.75) is 25.6 Å². The van der Waals surface area contributed by atoms with Gasteiger partial charge in [0.05, 0.1) is 24.1 Å². The highest BCUT2D eigenvalue weighted by molar-refractivity contribution is 5.91. The Balaban J connectivity index is 1.64. The van der Waals surface area contributed by atoms with Gasteiger partial charge in [0.15, 0.2) is 0 Å². The molecule has 0 saturated carbocycles. The van der Waals surface area contributed by atoms with E-state index < -0.39 is 17.6 Å². The molecule has 0 aliphatic carbocycles. The molecular weight excluding hydrogens is 411 g/mol. The Labute approximate surface area is 176 Å². The van der Waals surface area contributed by atoms with E-state index in [1.807, 2.05) is 6.07 Å². The van der Waals surface area contributed by atoms with E-state index in [0.29, 0.717) is 11.4 Å². The highest BCUT2D eigenvalue weighted by Crippen LogP contribution is 2.34. The molecule has 3 rings (SSSR count). The summed E-state index contributed by atoms with van der Waals surface area (Å²) in [6, 6.07) is 14.9. The first kappa shape index (κ1) is 22.1. The molecule has 0 saturated heterocycles. The number of aromatic nitrogens is 2. The number of anilines is 1. The first-order chi connectivity index (χ1) is 14.8. The lowest BCUT2D eigenvalue weighted by molar-refractivity contribution is -0.137. The van der Waals surface area contributed by atoms with Crippen LogP contribution in [-0.4, -0.2) is 22.8 Å². The van der Waals surface area contributed by atoms with Crippen molar-refractivity contribution in [1.82, 2.24) is 9.78 Å². The number of hydrogen-bond acceptors (Lipinski definition) is 4. The van der Waals surface area contributed by atoms with Gasteiger partial charge in [-0.1, -0.05) is 24.3 Å². The maximum absolute atomic E-state index is 13.0. The Morgan fingerprint density at radius 2 is 1.87 bits per heavy atom. The molecule has 0 radical (unpaired) electrons. The number of para-hydroxylation sites is 1. The third kappa shape index (κ3) is 5.71. The number of amides is 1. The lowest BCUT2D eigenvalue weighted by atomic mass is 10.1. The second-order valence-electron chi connectivity index (χ2n) is 6.71. The Bertz CT molecular complexity index is 1130. The molecule has 0 aliphatic rings. The summed E-state index contributed by atoms with van der Waals surface area (Å²) >= 11 is 0. The summed E-state index contributed by atoms with van der Waals surface area (Å²) in [5.41, 5.74) is -0.228. The zero-order chi connectivity index (χ0) is 22.4. The van der Waals surface area contributed by atoms with Crippen LogP contribution in [0.5, 0.6) is 5.75 Å². The molecule has 31 heavy (non-hydrogen) atoms. The van der Waals surface area contributed by atoms with Gasteiger partial charge in [0.25, 0.3) is 5.56 Å². The van der Waals surface area contributed by atoms with E-state index in [-0.39, 0.29) is 30.6 Å². The van der Waals surface area contributed by atoms with Crippen molar-refractivity contribution >= 4 is 11.6 Å². The van der Waals surface area contributed by atoms with Crippen molar-refractivity contribution < 1.29 is 22.7 Å². The maximum atomic E-state index is 13.0. The van der Waals surface area contributed by atoms with Crippen molar-refractivity contribution in [3.63, 3.8) is 0 Å². The SMILES string of the molecule is COc1cccc(-c2ccc(=O)n(CCCC(=O)Nc3ccccc3C(F)(F)F)n2)c1. The summed E-state index contributed by atoms with van der Waals surface area (Å²) in [5, 5.41) is 6.60. The standard InChI is InChI=1S/C22H20F3N3O3/c1-31-16-7-4-6-15(14-16)18-11-12-21(30)28(27-18)13-5-10-20(29)26-19-9-3-2-8-17(19)22(23,24)25/h2-4,6-9,11-12,14H,5,10,13H2,1H3,(H,26,29). The normalized spacial score (nSPS) is 11.2. The Hall–Kier alpha value is -3.62. The maximum Gasteiger partial charge on any atom is 0.418 e. The van der Waals surface area contributed by atoms with Crippen molar-refractivity contribution in [3.8, 4) is 17.0 Å². The summed E-state index contributed by atoms with van der Waals surface area (Å²) < 4.78 is 45.5. The van der Waals surface area contributed by atoms with Gasteiger partial charge < -0.3 is 10.1 Å². The van der Waals surface area contributed by atoms with Gasteiger partial charge in [0.1, 0.15) is 5.75 Å². The quantitative estimate of drug-likeness (QED) is 0.604. The number of hydrogen-bond donors (Lipinski definition) is 1. The highest BCUT2D eigenvalue weighted by atomic mass is 19.4. The highest BCUT2D eigenvalue weighted by Gasteiger charge is 2.33. The first-order valence-electron chi connectivity index (χ1n) is 9.46. The summed E-state index contributed by atoms with van der Waals surface area (Å²) in [6.45, 7) is 0.144. The topological polar surface area (TPSA) is 73.2 Å². The number of rotatable bonds is 7. The molecule has 0 atom stereocenters. The largest absolute Gasteiger partial charge is 0.497 e.